The monoisotopic (exact) mass is 255 g/mol. The highest BCUT2D eigenvalue weighted by atomic mass is 19.3. The van der Waals surface area contributed by atoms with Crippen LogP contribution in [0.15, 0.2) is 12.4 Å². The second kappa shape index (κ2) is 4.96. The molecule has 0 aromatic carbocycles. The van der Waals surface area contributed by atoms with E-state index in [1.54, 1.807) is 0 Å². The van der Waals surface area contributed by atoms with Crippen LogP contribution < -0.4 is 5.32 Å². The van der Waals surface area contributed by atoms with Crippen LogP contribution in [0.3, 0.4) is 0 Å². The van der Waals surface area contributed by atoms with Crippen molar-refractivity contribution in [3.63, 3.8) is 0 Å². The Kier molecular flexibility index (Phi) is 3.33. The predicted molar refractivity (Wildman–Crippen MR) is 64.1 cm³/mol. The molecule has 2 aliphatic rings. The fourth-order valence-electron chi connectivity index (χ4n) is 2.78. The van der Waals surface area contributed by atoms with Crippen molar-refractivity contribution in [2.45, 2.75) is 38.8 Å². The van der Waals surface area contributed by atoms with Crippen molar-refractivity contribution in [1.29, 1.82) is 0 Å². The van der Waals surface area contributed by atoms with E-state index in [1.165, 1.54) is 38.1 Å². The molecule has 1 heterocycles. The zero-order valence-corrected chi connectivity index (χ0v) is 10.4. The molecular weight excluding hydrogens is 236 g/mol. The van der Waals surface area contributed by atoms with Crippen molar-refractivity contribution in [2.75, 3.05) is 6.54 Å². The minimum Gasteiger partial charge on any atom is -0.310 e. The Labute approximate surface area is 106 Å². The molecule has 0 atom stereocenters. The van der Waals surface area contributed by atoms with E-state index in [9.17, 15) is 8.78 Å². The average molecular weight is 255 g/mol. The molecule has 1 aromatic heterocycles. The summed E-state index contributed by atoms with van der Waals surface area (Å²) in [5.41, 5.74) is 0. The van der Waals surface area contributed by atoms with Gasteiger partial charge >= 0.3 is 6.55 Å². The van der Waals surface area contributed by atoms with E-state index in [-0.39, 0.29) is 0 Å². The zero-order chi connectivity index (χ0) is 12.5. The molecule has 1 N–H and O–H groups in total. The van der Waals surface area contributed by atoms with E-state index in [2.05, 4.69) is 10.3 Å². The molecule has 100 valence electrons. The Morgan fingerprint density at radius 3 is 2.50 bits per heavy atom. The lowest BCUT2D eigenvalue weighted by atomic mass is 9.98. The summed E-state index contributed by atoms with van der Waals surface area (Å²) in [7, 11) is 0. The fourth-order valence-corrected chi connectivity index (χ4v) is 2.78. The molecule has 0 bridgehead atoms. The van der Waals surface area contributed by atoms with Gasteiger partial charge in [0.05, 0.1) is 6.54 Å². The van der Waals surface area contributed by atoms with Gasteiger partial charge in [-0.1, -0.05) is 0 Å². The van der Waals surface area contributed by atoms with Gasteiger partial charge in [-0.25, -0.2) is 4.98 Å². The second-order valence-electron chi connectivity index (χ2n) is 5.50. The van der Waals surface area contributed by atoms with Crippen LogP contribution in [0.25, 0.3) is 0 Å². The summed E-state index contributed by atoms with van der Waals surface area (Å²) >= 11 is 0. The van der Waals surface area contributed by atoms with Gasteiger partial charge in [0, 0.05) is 12.4 Å². The maximum atomic E-state index is 12.6. The first-order chi connectivity index (χ1) is 8.75. The summed E-state index contributed by atoms with van der Waals surface area (Å²) in [6.07, 6.45) is 8.19. The van der Waals surface area contributed by atoms with Gasteiger partial charge in [0.2, 0.25) is 0 Å². The van der Waals surface area contributed by atoms with E-state index in [0.717, 1.165) is 28.9 Å². The van der Waals surface area contributed by atoms with E-state index >= 15 is 0 Å². The second-order valence-corrected chi connectivity index (χ2v) is 5.50. The SMILES string of the molecule is FC(F)n1ccnc1CNCC(C1CC1)C1CC1. The summed E-state index contributed by atoms with van der Waals surface area (Å²) < 4.78 is 26.2. The molecule has 2 fully saturated rings. The van der Waals surface area contributed by atoms with Crippen LogP contribution in [-0.4, -0.2) is 16.1 Å². The highest BCUT2D eigenvalue weighted by molar-refractivity contribution is 4.95. The molecule has 3 rings (SSSR count). The Morgan fingerprint density at radius 2 is 1.94 bits per heavy atom. The third kappa shape index (κ3) is 2.71. The van der Waals surface area contributed by atoms with Gasteiger partial charge in [-0.2, -0.15) is 8.78 Å². The maximum Gasteiger partial charge on any atom is 0.319 e. The summed E-state index contributed by atoms with van der Waals surface area (Å²) in [5, 5.41) is 3.31. The molecule has 0 aliphatic heterocycles. The van der Waals surface area contributed by atoms with E-state index in [1.807, 2.05) is 0 Å². The van der Waals surface area contributed by atoms with Crippen LogP contribution in [0.4, 0.5) is 8.78 Å². The van der Waals surface area contributed by atoms with Crippen molar-refractivity contribution in [1.82, 2.24) is 14.9 Å². The summed E-state index contributed by atoms with van der Waals surface area (Å²) in [4.78, 5) is 3.98. The van der Waals surface area contributed by atoms with Gasteiger partial charge in [-0.05, 0) is 50.0 Å². The highest BCUT2D eigenvalue weighted by Gasteiger charge is 2.40. The smallest absolute Gasteiger partial charge is 0.310 e. The first-order valence-electron chi connectivity index (χ1n) is 6.76. The molecule has 0 unspecified atom stereocenters. The molecule has 0 amide bonds. The van der Waals surface area contributed by atoms with E-state index < -0.39 is 6.55 Å². The Hall–Kier alpha value is -0.970. The lowest BCUT2D eigenvalue weighted by molar-refractivity contribution is 0.0665. The van der Waals surface area contributed by atoms with Crippen LogP contribution in [0.1, 0.15) is 38.1 Å². The molecule has 0 spiro atoms. The summed E-state index contributed by atoms with van der Waals surface area (Å²) in [6, 6.07) is 0. The Morgan fingerprint density at radius 1 is 1.28 bits per heavy atom. The molecule has 2 saturated carbocycles. The third-order valence-corrected chi connectivity index (χ3v) is 4.08. The summed E-state index contributed by atoms with van der Waals surface area (Å²) in [5.74, 6) is 2.97. The normalized spacial score (nSPS) is 20.0. The number of nitrogens with zero attached hydrogens (tertiary/aromatic N) is 2. The van der Waals surface area contributed by atoms with Crippen molar-refractivity contribution in [3.8, 4) is 0 Å². The summed E-state index contributed by atoms with van der Waals surface area (Å²) in [6.45, 7) is -1.11. The molecule has 0 saturated heterocycles. The van der Waals surface area contributed by atoms with Crippen molar-refractivity contribution in [2.24, 2.45) is 17.8 Å². The van der Waals surface area contributed by atoms with Gasteiger partial charge in [0.15, 0.2) is 0 Å². The number of hydrogen-bond donors (Lipinski definition) is 1. The third-order valence-electron chi connectivity index (χ3n) is 4.08. The number of alkyl halides is 2. The first-order valence-corrected chi connectivity index (χ1v) is 6.76. The topological polar surface area (TPSA) is 29.9 Å². The van der Waals surface area contributed by atoms with E-state index in [0.29, 0.717) is 12.4 Å². The van der Waals surface area contributed by atoms with Crippen molar-refractivity contribution >= 4 is 0 Å². The highest BCUT2D eigenvalue weighted by Crippen LogP contribution is 2.48. The number of rotatable bonds is 7. The van der Waals surface area contributed by atoms with Gasteiger partial charge in [0.1, 0.15) is 5.82 Å². The lowest BCUT2D eigenvalue weighted by Crippen LogP contribution is -2.26. The van der Waals surface area contributed by atoms with Gasteiger partial charge in [-0.15, -0.1) is 0 Å². The molecule has 1 aromatic rings. The van der Waals surface area contributed by atoms with Crippen molar-refractivity contribution < 1.29 is 8.78 Å². The Bertz CT molecular complexity index is 385. The molecule has 0 radical (unpaired) electrons. The predicted octanol–water partition coefficient (Wildman–Crippen LogP) is 2.80. The largest absolute Gasteiger partial charge is 0.319 e. The van der Waals surface area contributed by atoms with Crippen LogP contribution in [-0.2, 0) is 6.54 Å². The zero-order valence-electron chi connectivity index (χ0n) is 10.4. The maximum absolute atomic E-state index is 12.6. The fraction of sp³-hybridized carbons (Fsp3) is 0.769. The molecule has 2 aliphatic carbocycles. The van der Waals surface area contributed by atoms with Crippen LogP contribution in [0.5, 0.6) is 0 Å². The molecule has 18 heavy (non-hydrogen) atoms. The number of aromatic nitrogens is 2. The average Bonchev–Trinajstić information content (AvgIpc) is 3.24. The van der Waals surface area contributed by atoms with Gasteiger partial charge < -0.3 is 5.32 Å². The van der Waals surface area contributed by atoms with Gasteiger partial charge in [0.25, 0.3) is 0 Å². The first kappa shape index (κ1) is 12.1. The minimum atomic E-state index is -2.49. The number of imidazole rings is 1. The number of hydrogen-bond acceptors (Lipinski definition) is 2. The molecule has 5 heteroatoms. The van der Waals surface area contributed by atoms with Gasteiger partial charge in [-0.3, -0.25) is 4.57 Å². The number of halogens is 2. The molecule has 3 nitrogen and oxygen atoms in total. The van der Waals surface area contributed by atoms with Crippen LogP contribution in [0, 0.1) is 17.8 Å². The number of nitrogens with one attached hydrogen (secondary N) is 1. The van der Waals surface area contributed by atoms with Crippen molar-refractivity contribution in [3.05, 3.63) is 18.2 Å². The standard InChI is InChI=1S/C13H19F2N3/c14-13(15)18-6-5-17-12(18)8-16-7-11(9-1-2-9)10-3-4-10/h5-6,9-11,13,16H,1-4,7-8H2. The Balaban J connectivity index is 1.49. The lowest BCUT2D eigenvalue weighted by Gasteiger charge is -2.16. The quantitative estimate of drug-likeness (QED) is 0.812. The van der Waals surface area contributed by atoms with E-state index in [4.69, 9.17) is 0 Å². The van der Waals surface area contributed by atoms with Crippen LogP contribution in [0.2, 0.25) is 0 Å². The van der Waals surface area contributed by atoms with Crippen LogP contribution >= 0.6 is 0 Å². The molecular formula is C13H19F2N3. The minimum absolute atomic E-state index is 0.426.